The van der Waals surface area contributed by atoms with Crippen LogP contribution in [0.3, 0.4) is 0 Å². The van der Waals surface area contributed by atoms with Crippen LogP contribution in [0, 0.1) is 11.6 Å². The van der Waals surface area contributed by atoms with E-state index in [9.17, 15) is 23.2 Å². The molecule has 0 saturated carbocycles. The number of hydrogen-bond acceptors (Lipinski definition) is 6. The minimum Gasteiger partial charge on any atom is -0.503 e. The summed E-state index contributed by atoms with van der Waals surface area (Å²) < 4.78 is 35.9. The molecule has 1 aromatic carbocycles. The molecule has 0 bridgehead atoms. The second-order valence-corrected chi connectivity index (χ2v) is 4.39. The first-order valence-electron chi connectivity index (χ1n) is 6.10. The van der Waals surface area contributed by atoms with Gasteiger partial charge in [-0.3, -0.25) is 9.59 Å². The number of rotatable bonds is 4. The summed E-state index contributed by atoms with van der Waals surface area (Å²) >= 11 is 0. The van der Waals surface area contributed by atoms with E-state index in [4.69, 9.17) is 5.11 Å². The number of ether oxygens (including phenoxy) is 1. The Labute approximate surface area is 121 Å². The van der Waals surface area contributed by atoms with Crippen LogP contribution in [-0.4, -0.2) is 24.0 Å². The molecule has 8 heteroatoms. The van der Waals surface area contributed by atoms with Crippen LogP contribution in [0.15, 0.2) is 21.3 Å². The molecule has 0 spiro atoms. The highest BCUT2D eigenvalue weighted by Crippen LogP contribution is 2.28. The van der Waals surface area contributed by atoms with E-state index in [1.165, 1.54) is 0 Å². The number of fused-ring (bicyclic) bond motifs is 1. The SMILES string of the molecule is COC(=O)CCC(=O)c1cc2cc(F)c(O)c(F)c2oc1=O. The van der Waals surface area contributed by atoms with Gasteiger partial charge >= 0.3 is 11.6 Å². The fourth-order valence-corrected chi connectivity index (χ4v) is 1.83. The van der Waals surface area contributed by atoms with Crippen LogP contribution in [0.5, 0.6) is 5.75 Å². The second kappa shape index (κ2) is 5.92. The van der Waals surface area contributed by atoms with E-state index in [0.717, 1.165) is 19.2 Å². The van der Waals surface area contributed by atoms with Gasteiger partial charge in [0.15, 0.2) is 22.9 Å². The molecule has 22 heavy (non-hydrogen) atoms. The van der Waals surface area contributed by atoms with Crippen LogP contribution in [0.25, 0.3) is 11.0 Å². The predicted molar refractivity (Wildman–Crippen MR) is 69.6 cm³/mol. The van der Waals surface area contributed by atoms with E-state index in [2.05, 4.69) is 9.15 Å². The Morgan fingerprint density at radius 3 is 2.59 bits per heavy atom. The Morgan fingerprint density at radius 2 is 1.95 bits per heavy atom. The van der Waals surface area contributed by atoms with Gasteiger partial charge in [0.05, 0.1) is 13.5 Å². The number of hydrogen-bond donors (Lipinski definition) is 1. The van der Waals surface area contributed by atoms with Crippen LogP contribution in [0.4, 0.5) is 8.78 Å². The van der Waals surface area contributed by atoms with Gasteiger partial charge in [0, 0.05) is 11.8 Å². The highest BCUT2D eigenvalue weighted by molar-refractivity contribution is 5.99. The quantitative estimate of drug-likeness (QED) is 0.526. The average molecular weight is 312 g/mol. The topological polar surface area (TPSA) is 93.8 Å². The van der Waals surface area contributed by atoms with Crippen LogP contribution in [0.2, 0.25) is 0 Å². The van der Waals surface area contributed by atoms with Gasteiger partial charge in [-0.2, -0.15) is 4.39 Å². The number of aromatic hydroxyl groups is 1. The van der Waals surface area contributed by atoms with Crippen molar-refractivity contribution in [2.24, 2.45) is 0 Å². The molecule has 0 aliphatic carbocycles. The summed E-state index contributed by atoms with van der Waals surface area (Å²) in [5.74, 6) is -5.33. The van der Waals surface area contributed by atoms with Crippen molar-refractivity contribution in [2.75, 3.05) is 7.11 Å². The number of carbonyl (C=O) groups is 2. The monoisotopic (exact) mass is 312 g/mol. The number of methoxy groups -OCH3 is 1. The minimum absolute atomic E-state index is 0.200. The fraction of sp³-hybridized carbons (Fsp3) is 0.214. The molecule has 1 heterocycles. The van der Waals surface area contributed by atoms with Crippen LogP contribution in [0.1, 0.15) is 23.2 Å². The maximum Gasteiger partial charge on any atom is 0.347 e. The molecular weight excluding hydrogens is 302 g/mol. The van der Waals surface area contributed by atoms with Crippen molar-refractivity contribution in [2.45, 2.75) is 12.8 Å². The van der Waals surface area contributed by atoms with E-state index in [-0.39, 0.29) is 18.2 Å². The third-order valence-corrected chi connectivity index (χ3v) is 2.98. The van der Waals surface area contributed by atoms with Crippen LogP contribution < -0.4 is 5.63 Å². The second-order valence-electron chi connectivity index (χ2n) is 4.39. The van der Waals surface area contributed by atoms with Crippen LogP contribution in [-0.2, 0) is 9.53 Å². The zero-order valence-corrected chi connectivity index (χ0v) is 11.3. The molecule has 0 atom stereocenters. The lowest BCUT2D eigenvalue weighted by Gasteiger charge is -2.04. The first kappa shape index (κ1) is 15.6. The van der Waals surface area contributed by atoms with Crippen molar-refractivity contribution in [1.29, 1.82) is 0 Å². The predicted octanol–water partition coefficient (Wildman–Crippen LogP) is 1.91. The van der Waals surface area contributed by atoms with Crippen molar-refractivity contribution in [3.05, 3.63) is 39.8 Å². The molecule has 0 unspecified atom stereocenters. The molecule has 0 amide bonds. The lowest BCUT2D eigenvalue weighted by atomic mass is 10.1. The Bertz CT molecular complexity index is 824. The minimum atomic E-state index is -1.43. The van der Waals surface area contributed by atoms with E-state index < -0.39 is 45.9 Å². The summed E-state index contributed by atoms with van der Waals surface area (Å²) in [4.78, 5) is 34.5. The van der Waals surface area contributed by atoms with Crippen molar-refractivity contribution >= 4 is 22.7 Å². The molecule has 2 aromatic rings. The number of phenols is 1. The highest BCUT2D eigenvalue weighted by atomic mass is 19.1. The van der Waals surface area contributed by atoms with Gasteiger partial charge < -0.3 is 14.3 Å². The van der Waals surface area contributed by atoms with E-state index in [1.54, 1.807) is 0 Å². The zero-order chi connectivity index (χ0) is 16.4. The summed E-state index contributed by atoms with van der Waals surface area (Å²) in [5.41, 5.74) is -2.25. The smallest absolute Gasteiger partial charge is 0.347 e. The Morgan fingerprint density at radius 1 is 1.27 bits per heavy atom. The average Bonchev–Trinajstić information content (AvgIpc) is 2.50. The van der Waals surface area contributed by atoms with Gasteiger partial charge in [-0.05, 0) is 12.1 Å². The molecule has 2 rings (SSSR count). The molecule has 116 valence electrons. The third-order valence-electron chi connectivity index (χ3n) is 2.98. The lowest BCUT2D eigenvalue weighted by Crippen LogP contribution is -2.15. The third kappa shape index (κ3) is 2.80. The Hall–Kier alpha value is -2.77. The number of phenolic OH excluding ortho intramolecular Hbond substituents is 1. The van der Waals surface area contributed by atoms with Crippen LogP contribution >= 0.6 is 0 Å². The molecule has 0 aliphatic heterocycles. The first-order chi connectivity index (χ1) is 10.3. The molecule has 6 nitrogen and oxygen atoms in total. The molecular formula is C14H10F2O6. The lowest BCUT2D eigenvalue weighted by molar-refractivity contribution is -0.140. The Kier molecular flexibility index (Phi) is 4.20. The van der Waals surface area contributed by atoms with Gasteiger partial charge in [-0.15, -0.1) is 0 Å². The zero-order valence-electron chi connectivity index (χ0n) is 11.3. The standard InChI is InChI=1S/C14H10F2O6/c1-21-10(18)3-2-9(17)7-4-6-5-8(15)12(19)11(16)13(6)22-14(7)20/h4-5,19H,2-3H2,1H3. The van der Waals surface area contributed by atoms with Gasteiger partial charge in [0.2, 0.25) is 5.82 Å². The normalized spacial score (nSPS) is 10.7. The molecule has 1 N–H and O–H groups in total. The van der Waals surface area contributed by atoms with E-state index in [0.29, 0.717) is 0 Å². The summed E-state index contributed by atoms with van der Waals surface area (Å²) in [7, 11) is 1.15. The fourth-order valence-electron chi connectivity index (χ4n) is 1.83. The first-order valence-corrected chi connectivity index (χ1v) is 6.10. The maximum atomic E-state index is 13.6. The number of carbonyl (C=O) groups excluding carboxylic acids is 2. The van der Waals surface area contributed by atoms with Gasteiger partial charge in [-0.25, -0.2) is 9.18 Å². The molecule has 1 aromatic heterocycles. The summed E-state index contributed by atoms with van der Waals surface area (Å²) in [5, 5.41) is 8.92. The van der Waals surface area contributed by atoms with Crippen molar-refractivity contribution < 1.29 is 32.6 Å². The molecule has 0 radical (unpaired) electrons. The van der Waals surface area contributed by atoms with Gasteiger partial charge in [0.1, 0.15) is 5.56 Å². The summed E-state index contributed by atoms with van der Waals surface area (Å²) in [6.45, 7) is 0. The van der Waals surface area contributed by atoms with Crippen molar-refractivity contribution in [3.8, 4) is 5.75 Å². The Balaban J connectivity index is 2.46. The molecule has 0 aliphatic rings. The summed E-state index contributed by atoms with van der Waals surface area (Å²) in [6, 6.07) is 1.68. The molecule has 0 fully saturated rings. The number of halogens is 2. The van der Waals surface area contributed by atoms with Gasteiger partial charge in [0.25, 0.3) is 0 Å². The van der Waals surface area contributed by atoms with E-state index >= 15 is 0 Å². The number of ketones is 1. The highest BCUT2D eigenvalue weighted by Gasteiger charge is 2.20. The molecule has 0 saturated heterocycles. The number of Topliss-reactive ketones (excluding diaryl/α,β-unsaturated/α-hetero) is 1. The number of esters is 1. The van der Waals surface area contributed by atoms with E-state index in [1.807, 2.05) is 0 Å². The number of benzene rings is 1. The van der Waals surface area contributed by atoms with Gasteiger partial charge in [-0.1, -0.05) is 0 Å². The maximum absolute atomic E-state index is 13.6. The summed E-state index contributed by atoms with van der Waals surface area (Å²) in [6.07, 6.45) is -0.558. The van der Waals surface area contributed by atoms with Crippen molar-refractivity contribution in [1.82, 2.24) is 0 Å². The van der Waals surface area contributed by atoms with Crippen molar-refractivity contribution in [3.63, 3.8) is 0 Å². The largest absolute Gasteiger partial charge is 0.503 e.